The molecule has 5 nitrogen and oxygen atoms in total. The van der Waals surface area contributed by atoms with Gasteiger partial charge in [-0.05, 0) is 54.4 Å². The molecule has 3 aromatic rings. The van der Waals surface area contributed by atoms with Gasteiger partial charge in [0, 0.05) is 41.7 Å². The number of rotatable bonds is 6. The first-order chi connectivity index (χ1) is 14.4. The maximum Gasteiger partial charge on any atom is 0.387 e. The van der Waals surface area contributed by atoms with E-state index >= 15 is 0 Å². The number of ether oxygens (including phenoxy) is 2. The molecule has 1 atom stereocenters. The lowest BCUT2D eigenvalue weighted by Crippen LogP contribution is -2.12. The Bertz CT molecular complexity index is 1090. The van der Waals surface area contributed by atoms with Crippen molar-refractivity contribution in [2.24, 2.45) is 0 Å². The number of aromatic nitrogens is 1. The Labute approximate surface area is 170 Å². The summed E-state index contributed by atoms with van der Waals surface area (Å²) in [7, 11) is 0. The second-order valence-electron chi connectivity index (χ2n) is 6.75. The van der Waals surface area contributed by atoms with Gasteiger partial charge in [0.05, 0.1) is 0 Å². The maximum atomic E-state index is 14.8. The summed E-state index contributed by atoms with van der Waals surface area (Å²) < 4.78 is 50.0. The first-order valence-corrected chi connectivity index (χ1v) is 9.19. The van der Waals surface area contributed by atoms with Crippen LogP contribution in [0.1, 0.15) is 34.5 Å². The molecule has 2 aromatic carbocycles. The van der Waals surface area contributed by atoms with Crippen LogP contribution in [0.25, 0.3) is 11.1 Å². The van der Waals surface area contributed by atoms with E-state index in [1.54, 1.807) is 36.7 Å². The molecule has 0 aliphatic carbocycles. The fourth-order valence-electron chi connectivity index (χ4n) is 3.34. The van der Waals surface area contributed by atoms with Gasteiger partial charge in [0.15, 0.2) is 0 Å². The van der Waals surface area contributed by atoms with Gasteiger partial charge in [0.1, 0.15) is 23.4 Å². The van der Waals surface area contributed by atoms with E-state index in [0.29, 0.717) is 23.4 Å². The van der Waals surface area contributed by atoms with Gasteiger partial charge in [-0.2, -0.15) is 8.78 Å². The number of fused-ring (bicyclic) bond motifs is 1. The van der Waals surface area contributed by atoms with Gasteiger partial charge >= 0.3 is 6.61 Å². The molecule has 8 heteroatoms. The van der Waals surface area contributed by atoms with Crippen LogP contribution in [0, 0.1) is 5.82 Å². The highest BCUT2D eigenvalue weighted by atomic mass is 19.3. The van der Waals surface area contributed by atoms with E-state index in [9.17, 15) is 18.0 Å². The number of carbonyl (C=O) groups excluding carboxylic acids is 1. The van der Waals surface area contributed by atoms with Crippen LogP contribution in [0.2, 0.25) is 0 Å². The van der Waals surface area contributed by atoms with Crippen LogP contribution in [0.3, 0.4) is 0 Å². The van der Waals surface area contributed by atoms with Gasteiger partial charge in [0.2, 0.25) is 0 Å². The van der Waals surface area contributed by atoms with E-state index in [-0.39, 0.29) is 23.3 Å². The third-order valence-electron chi connectivity index (χ3n) is 4.82. The number of nitrogens with zero attached hydrogens (tertiary/aromatic N) is 1. The third kappa shape index (κ3) is 3.94. The van der Waals surface area contributed by atoms with E-state index in [4.69, 9.17) is 4.74 Å². The number of hydrogen-bond acceptors (Lipinski definition) is 4. The lowest BCUT2D eigenvalue weighted by atomic mass is 9.98. The first-order valence-electron chi connectivity index (χ1n) is 9.19. The minimum atomic E-state index is -3.06. The molecular formula is C22H17F3N2O3. The Morgan fingerprint density at radius 2 is 1.77 bits per heavy atom. The second kappa shape index (κ2) is 8.06. The van der Waals surface area contributed by atoms with Crippen LogP contribution in [-0.2, 0) is 6.54 Å². The molecule has 1 aromatic heterocycles. The number of amides is 1. The average Bonchev–Trinajstić information content (AvgIpc) is 3.08. The molecule has 0 saturated heterocycles. The van der Waals surface area contributed by atoms with E-state index in [0.717, 1.165) is 17.2 Å². The van der Waals surface area contributed by atoms with Crippen molar-refractivity contribution in [3.63, 3.8) is 0 Å². The standard InChI is InChI=1S/C22H17F3N2O3/c1-12(13-4-6-26-7-5-13)29-20-8-14-11-27-21(28)17(14)10-18(20)16-3-2-15(9-19(16)23)30-22(24)25/h2-10,12,22H,11H2,1H3,(H,27,28). The highest BCUT2D eigenvalue weighted by Crippen LogP contribution is 2.39. The van der Waals surface area contributed by atoms with Gasteiger partial charge in [-0.15, -0.1) is 0 Å². The fourth-order valence-corrected chi connectivity index (χ4v) is 3.34. The van der Waals surface area contributed by atoms with Crippen molar-refractivity contribution in [1.29, 1.82) is 0 Å². The number of pyridine rings is 1. The molecule has 2 heterocycles. The number of halogens is 3. The predicted molar refractivity (Wildman–Crippen MR) is 103 cm³/mol. The van der Waals surface area contributed by atoms with Crippen LogP contribution in [0.15, 0.2) is 54.9 Å². The van der Waals surface area contributed by atoms with Crippen molar-refractivity contribution in [1.82, 2.24) is 10.3 Å². The summed E-state index contributed by atoms with van der Waals surface area (Å²) in [5.74, 6) is -0.959. The zero-order valence-electron chi connectivity index (χ0n) is 15.9. The van der Waals surface area contributed by atoms with Crippen molar-refractivity contribution in [3.8, 4) is 22.6 Å². The minimum Gasteiger partial charge on any atom is -0.485 e. The van der Waals surface area contributed by atoms with E-state index in [2.05, 4.69) is 15.0 Å². The monoisotopic (exact) mass is 414 g/mol. The van der Waals surface area contributed by atoms with Crippen molar-refractivity contribution < 1.29 is 27.4 Å². The summed E-state index contributed by atoms with van der Waals surface area (Å²) in [4.78, 5) is 16.1. The van der Waals surface area contributed by atoms with E-state index < -0.39 is 12.4 Å². The van der Waals surface area contributed by atoms with Gasteiger partial charge in [-0.1, -0.05) is 0 Å². The molecule has 30 heavy (non-hydrogen) atoms. The molecular weight excluding hydrogens is 397 g/mol. The molecule has 0 fully saturated rings. The lowest BCUT2D eigenvalue weighted by molar-refractivity contribution is -0.0499. The Balaban J connectivity index is 1.76. The molecule has 0 bridgehead atoms. The van der Waals surface area contributed by atoms with Gasteiger partial charge in [-0.3, -0.25) is 9.78 Å². The molecule has 1 aliphatic heterocycles. The molecule has 1 N–H and O–H groups in total. The van der Waals surface area contributed by atoms with Crippen LogP contribution in [0.4, 0.5) is 13.2 Å². The second-order valence-corrected chi connectivity index (χ2v) is 6.75. The SMILES string of the molecule is CC(Oc1cc2c(cc1-c1ccc(OC(F)F)cc1F)C(=O)NC2)c1ccncc1. The highest BCUT2D eigenvalue weighted by Gasteiger charge is 2.24. The molecule has 1 unspecified atom stereocenters. The Morgan fingerprint density at radius 3 is 2.47 bits per heavy atom. The summed E-state index contributed by atoms with van der Waals surface area (Å²) in [6.45, 7) is -0.872. The molecule has 0 spiro atoms. The zero-order valence-corrected chi connectivity index (χ0v) is 15.9. The maximum absolute atomic E-state index is 14.8. The summed E-state index contributed by atoms with van der Waals surface area (Å²) >= 11 is 0. The molecule has 0 radical (unpaired) electrons. The number of nitrogens with one attached hydrogen (secondary N) is 1. The number of hydrogen-bond donors (Lipinski definition) is 1. The van der Waals surface area contributed by atoms with Crippen molar-refractivity contribution in [2.45, 2.75) is 26.2 Å². The first kappa shape index (κ1) is 19.8. The Hall–Kier alpha value is -3.55. The lowest BCUT2D eigenvalue weighted by Gasteiger charge is -2.19. The summed E-state index contributed by atoms with van der Waals surface area (Å²) in [5.41, 5.74) is 2.47. The molecule has 4 rings (SSSR count). The van der Waals surface area contributed by atoms with E-state index in [1.165, 1.54) is 12.1 Å². The smallest absolute Gasteiger partial charge is 0.387 e. The average molecular weight is 414 g/mol. The quantitative estimate of drug-likeness (QED) is 0.625. The summed E-state index contributed by atoms with van der Waals surface area (Å²) in [6, 6.07) is 10.3. The van der Waals surface area contributed by atoms with Gasteiger partial charge < -0.3 is 14.8 Å². The van der Waals surface area contributed by atoms with E-state index in [1.807, 2.05) is 6.92 Å². The molecule has 1 amide bonds. The number of benzene rings is 2. The molecule has 154 valence electrons. The Kier molecular flexibility index (Phi) is 5.31. The predicted octanol–water partition coefficient (Wildman–Crippen LogP) is 4.87. The van der Waals surface area contributed by atoms with Crippen molar-refractivity contribution >= 4 is 5.91 Å². The van der Waals surface area contributed by atoms with Gasteiger partial charge in [-0.25, -0.2) is 4.39 Å². The van der Waals surface area contributed by atoms with Crippen molar-refractivity contribution in [2.75, 3.05) is 0 Å². The highest BCUT2D eigenvalue weighted by molar-refractivity contribution is 6.00. The van der Waals surface area contributed by atoms with Crippen molar-refractivity contribution in [3.05, 3.63) is 77.4 Å². The number of carbonyl (C=O) groups is 1. The number of alkyl halides is 2. The molecule has 1 aliphatic rings. The Morgan fingerprint density at radius 1 is 1.00 bits per heavy atom. The topological polar surface area (TPSA) is 60.5 Å². The van der Waals surface area contributed by atoms with Crippen LogP contribution >= 0.6 is 0 Å². The molecule has 0 saturated carbocycles. The zero-order chi connectivity index (χ0) is 21.3. The van der Waals surface area contributed by atoms with Crippen LogP contribution in [0.5, 0.6) is 11.5 Å². The normalized spacial score (nSPS) is 13.7. The fraction of sp³-hybridized carbons (Fsp3) is 0.182. The van der Waals surface area contributed by atoms with Gasteiger partial charge in [0.25, 0.3) is 5.91 Å². The largest absolute Gasteiger partial charge is 0.485 e. The summed E-state index contributed by atoms with van der Waals surface area (Å²) in [6.07, 6.45) is 2.91. The minimum absolute atomic E-state index is 0.107. The third-order valence-corrected chi connectivity index (χ3v) is 4.82. The van der Waals surface area contributed by atoms with Crippen LogP contribution in [-0.4, -0.2) is 17.5 Å². The summed E-state index contributed by atoms with van der Waals surface area (Å²) in [5, 5.41) is 2.72. The van der Waals surface area contributed by atoms with Crippen LogP contribution < -0.4 is 14.8 Å².